The average molecular weight is 242 g/mol. The number of anilines is 1. The van der Waals surface area contributed by atoms with E-state index in [1.54, 1.807) is 6.33 Å². The van der Waals surface area contributed by atoms with Crippen LogP contribution in [-0.2, 0) is 13.1 Å². The lowest BCUT2D eigenvalue weighted by Crippen LogP contribution is -2.10. The summed E-state index contributed by atoms with van der Waals surface area (Å²) in [4.78, 5) is 4.25. The van der Waals surface area contributed by atoms with Crippen LogP contribution >= 0.6 is 0 Å². The Morgan fingerprint density at radius 2 is 2.06 bits per heavy atom. The summed E-state index contributed by atoms with van der Waals surface area (Å²) in [6.45, 7) is 3.41. The predicted molar refractivity (Wildman–Crippen MR) is 68.9 cm³/mol. The van der Waals surface area contributed by atoms with Gasteiger partial charge in [0.25, 0.3) is 0 Å². The van der Waals surface area contributed by atoms with E-state index in [0.717, 1.165) is 23.3 Å². The molecule has 0 saturated heterocycles. The summed E-state index contributed by atoms with van der Waals surface area (Å²) in [5, 5.41) is 9.48. The number of nitrogen functional groups attached to an aromatic ring is 1. The number of aryl methyl sites for hydroxylation is 1. The molecule has 18 heavy (non-hydrogen) atoms. The minimum atomic E-state index is 0.549. The second-order valence-corrected chi connectivity index (χ2v) is 4.05. The van der Waals surface area contributed by atoms with Gasteiger partial charge in [-0.25, -0.2) is 9.67 Å². The number of nitrogens with zero attached hydrogens (tertiary/aromatic N) is 5. The summed E-state index contributed by atoms with van der Waals surface area (Å²) in [6.07, 6.45) is 1.56. The Balaban J connectivity index is 2.05. The maximum Gasteiger partial charge on any atom is 0.153 e. The minimum Gasteiger partial charge on any atom is -0.382 e. The van der Waals surface area contributed by atoms with E-state index in [1.807, 2.05) is 40.6 Å². The van der Waals surface area contributed by atoms with Crippen LogP contribution in [0.25, 0.3) is 10.9 Å². The monoisotopic (exact) mass is 242 g/mol. The molecule has 0 radical (unpaired) electrons. The topological polar surface area (TPSA) is 74.5 Å². The molecule has 0 spiro atoms. The van der Waals surface area contributed by atoms with Crippen molar-refractivity contribution in [3.8, 4) is 0 Å². The molecule has 92 valence electrons. The van der Waals surface area contributed by atoms with Gasteiger partial charge in [-0.05, 0) is 19.1 Å². The van der Waals surface area contributed by atoms with E-state index in [2.05, 4.69) is 15.2 Å². The Bertz CT molecular complexity index is 681. The molecule has 0 atom stereocenters. The second kappa shape index (κ2) is 4.14. The third-order valence-corrected chi connectivity index (χ3v) is 2.97. The average Bonchev–Trinajstić information content (AvgIpc) is 2.96. The van der Waals surface area contributed by atoms with Gasteiger partial charge in [-0.15, -0.1) is 0 Å². The van der Waals surface area contributed by atoms with E-state index in [0.29, 0.717) is 12.4 Å². The van der Waals surface area contributed by atoms with Gasteiger partial charge in [0.15, 0.2) is 5.82 Å². The Hall–Kier alpha value is -2.37. The zero-order valence-corrected chi connectivity index (χ0v) is 10.1. The number of aromatic nitrogens is 5. The van der Waals surface area contributed by atoms with Crippen LogP contribution in [0.3, 0.4) is 0 Å². The van der Waals surface area contributed by atoms with Crippen LogP contribution in [0.2, 0.25) is 0 Å². The molecule has 0 bridgehead atoms. The van der Waals surface area contributed by atoms with Gasteiger partial charge in [0.2, 0.25) is 0 Å². The first-order valence-corrected chi connectivity index (χ1v) is 5.87. The predicted octanol–water partition coefficient (Wildman–Crippen LogP) is 1.28. The second-order valence-electron chi connectivity index (χ2n) is 4.05. The number of rotatable bonds is 3. The van der Waals surface area contributed by atoms with E-state index < -0.39 is 0 Å². The van der Waals surface area contributed by atoms with Crippen molar-refractivity contribution in [1.29, 1.82) is 0 Å². The molecule has 3 rings (SSSR count). The number of nitrogens with two attached hydrogens (primary N) is 1. The molecule has 0 fully saturated rings. The maximum atomic E-state index is 5.90. The Labute approximate surface area is 104 Å². The molecule has 0 unspecified atom stereocenters. The molecular formula is C12H14N6. The summed E-state index contributed by atoms with van der Waals surface area (Å²) >= 11 is 0. The highest BCUT2D eigenvalue weighted by atomic mass is 15.4. The van der Waals surface area contributed by atoms with Crippen LogP contribution in [0, 0.1) is 0 Å². The van der Waals surface area contributed by atoms with E-state index in [4.69, 9.17) is 5.73 Å². The molecule has 0 aliphatic carbocycles. The van der Waals surface area contributed by atoms with Gasteiger partial charge in [0, 0.05) is 11.9 Å². The summed E-state index contributed by atoms with van der Waals surface area (Å²) in [6, 6.07) is 7.91. The largest absolute Gasteiger partial charge is 0.382 e. The molecule has 3 aromatic rings. The van der Waals surface area contributed by atoms with Crippen LogP contribution in [-0.4, -0.2) is 24.5 Å². The zero-order chi connectivity index (χ0) is 12.5. The third-order valence-electron chi connectivity index (χ3n) is 2.97. The van der Waals surface area contributed by atoms with Gasteiger partial charge >= 0.3 is 0 Å². The lowest BCUT2D eigenvalue weighted by Gasteiger charge is -2.04. The fourth-order valence-electron chi connectivity index (χ4n) is 2.08. The van der Waals surface area contributed by atoms with Gasteiger partial charge in [-0.1, -0.05) is 12.1 Å². The lowest BCUT2D eigenvalue weighted by atomic mass is 10.2. The minimum absolute atomic E-state index is 0.549. The van der Waals surface area contributed by atoms with Crippen LogP contribution in [0.15, 0.2) is 30.6 Å². The highest BCUT2D eigenvalue weighted by Gasteiger charge is 2.10. The molecule has 2 aromatic heterocycles. The van der Waals surface area contributed by atoms with E-state index in [-0.39, 0.29) is 0 Å². The van der Waals surface area contributed by atoms with E-state index >= 15 is 0 Å². The van der Waals surface area contributed by atoms with Crippen LogP contribution in [0.5, 0.6) is 0 Å². The van der Waals surface area contributed by atoms with Crippen molar-refractivity contribution in [3.63, 3.8) is 0 Å². The van der Waals surface area contributed by atoms with Gasteiger partial charge in [0.1, 0.15) is 18.7 Å². The summed E-state index contributed by atoms with van der Waals surface area (Å²) in [5.41, 5.74) is 6.92. The summed E-state index contributed by atoms with van der Waals surface area (Å²) in [5.74, 6) is 1.43. The van der Waals surface area contributed by atoms with Crippen molar-refractivity contribution >= 4 is 16.7 Å². The number of hydrogen-bond acceptors (Lipinski definition) is 4. The fourth-order valence-corrected chi connectivity index (χ4v) is 2.08. The number of fused-ring (bicyclic) bond motifs is 1. The van der Waals surface area contributed by atoms with Crippen molar-refractivity contribution in [1.82, 2.24) is 24.5 Å². The lowest BCUT2D eigenvalue weighted by molar-refractivity contribution is 0.577. The maximum absolute atomic E-state index is 5.90. The smallest absolute Gasteiger partial charge is 0.153 e. The molecule has 0 aliphatic heterocycles. The molecule has 0 amide bonds. The van der Waals surface area contributed by atoms with E-state index in [9.17, 15) is 0 Å². The van der Waals surface area contributed by atoms with Crippen molar-refractivity contribution in [2.45, 2.75) is 20.0 Å². The number of benzene rings is 1. The van der Waals surface area contributed by atoms with Gasteiger partial charge in [-0.3, -0.25) is 4.68 Å². The molecule has 0 saturated carbocycles. The van der Waals surface area contributed by atoms with Crippen LogP contribution in [0.4, 0.5) is 5.82 Å². The number of para-hydroxylation sites is 1. The standard InChI is InChI=1S/C12H14N6/c1-2-17-11(14-8-15-17)7-18-10-6-4-3-5-9(10)12(13)16-18/h3-6,8H,2,7H2,1H3,(H2,13,16). The van der Waals surface area contributed by atoms with Gasteiger partial charge in [0.05, 0.1) is 5.52 Å². The molecule has 0 aliphatic rings. The Morgan fingerprint density at radius 1 is 1.22 bits per heavy atom. The highest BCUT2D eigenvalue weighted by molar-refractivity contribution is 5.88. The van der Waals surface area contributed by atoms with Gasteiger partial charge in [-0.2, -0.15) is 10.2 Å². The quantitative estimate of drug-likeness (QED) is 0.750. The molecule has 6 heteroatoms. The number of hydrogen-bond donors (Lipinski definition) is 1. The van der Waals surface area contributed by atoms with Crippen molar-refractivity contribution < 1.29 is 0 Å². The van der Waals surface area contributed by atoms with Crippen molar-refractivity contribution in [2.75, 3.05) is 5.73 Å². The molecule has 2 heterocycles. The first kappa shape index (κ1) is 10.8. The fraction of sp³-hybridized carbons (Fsp3) is 0.250. The highest BCUT2D eigenvalue weighted by Crippen LogP contribution is 2.20. The third kappa shape index (κ3) is 1.62. The van der Waals surface area contributed by atoms with E-state index in [1.165, 1.54) is 0 Å². The van der Waals surface area contributed by atoms with Crippen LogP contribution in [0.1, 0.15) is 12.7 Å². The Morgan fingerprint density at radius 3 is 2.89 bits per heavy atom. The Kier molecular flexibility index (Phi) is 2.47. The molecular weight excluding hydrogens is 228 g/mol. The van der Waals surface area contributed by atoms with Crippen LogP contribution < -0.4 is 5.73 Å². The summed E-state index contributed by atoms with van der Waals surface area (Å²) in [7, 11) is 0. The summed E-state index contributed by atoms with van der Waals surface area (Å²) < 4.78 is 3.72. The van der Waals surface area contributed by atoms with Crippen molar-refractivity contribution in [2.24, 2.45) is 0 Å². The molecule has 2 N–H and O–H groups in total. The van der Waals surface area contributed by atoms with Gasteiger partial charge < -0.3 is 5.73 Å². The first-order chi connectivity index (χ1) is 8.79. The first-order valence-electron chi connectivity index (χ1n) is 5.87. The normalized spacial score (nSPS) is 11.2. The molecule has 1 aromatic carbocycles. The zero-order valence-electron chi connectivity index (χ0n) is 10.1. The molecule has 6 nitrogen and oxygen atoms in total. The van der Waals surface area contributed by atoms with Crippen molar-refractivity contribution in [3.05, 3.63) is 36.4 Å². The SMILES string of the molecule is CCn1ncnc1Cn1nc(N)c2ccccc21.